The summed E-state index contributed by atoms with van der Waals surface area (Å²) in [7, 11) is 0. The maximum Gasteiger partial charge on any atom is 0.163 e. The van der Waals surface area contributed by atoms with E-state index in [2.05, 4.69) is 4.98 Å². The van der Waals surface area contributed by atoms with Crippen molar-refractivity contribution in [1.82, 2.24) is 4.98 Å². The van der Waals surface area contributed by atoms with Crippen molar-refractivity contribution in [2.24, 2.45) is 0 Å². The molecule has 0 amide bonds. The van der Waals surface area contributed by atoms with Crippen molar-refractivity contribution in [3.05, 3.63) is 65.5 Å². The van der Waals surface area contributed by atoms with Crippen molar-refractivity contribution >= 4 is 5.78 Å². The van der Waals surface area contributed by atoms with E-state index in [0.717, 1.165) is 23.2 Å². The van der Waals surface area contributed by atoms with E-state index in [9.17, 15) is 4.79 Å². The summed E-state index contributed by atoms with van der Waals surface area (Å²) in [6, 6.07) is 13.9. The van der Waals surface area contributed by atoms with Crippen LogP contribution in [-0.2, 0) is 0 Å². The van der Waals surface area contributed by atoms with Gasteiger partial charge in [-0.25, -0.2) is 0 Å². The minimum Gasteiger partial charge on any atom is -0.294 e. The van der Waals surface area contributed by atoms with Crippen LogP contribution in [0.1, 0.15) is 40.4 Å². The van der Waals surface area contributed by atoms with Crippen LogP contribution in [0.2, 0.25) is 0 Å². The highest BCUT2D eigenvalue weighted by molar-refractivity contribution is 5.98. The minimum absolute atomic E-state index is 0.257. The average molecular weight is 223 g/mol. The summed E-state index contributed by atoms with van der Waals surface area (Å²) in [4.78, 5) is 16.3. The van der Waals surface area contributed by atoms with Crippen molar-refractivity contribution in [2.75, 3.05) is 0 Å². The number of carbonyl (C=O) groups is 1. The van der Waals surface area contributed by atoms with Crippen LogP contribution in [0.5, 0.6) is 0 Å². The van der Waals surface area contributed by atoms with Gasteiger partial charge in [0, 0.05) is 29.8 Å². The maximum absolute atomic E-state index is 11.8. The summed E-state index contributed by atoms with van der Waals surface area (Å²) < 4.78 is 0. The van der Waals surface area contributed by atoms with E-state index in [4.69, 9.17) is 0 Å². The summed E-state index contributed by atoms with van der Waals surface area (Å²) in [6.45, 7) is 0. The van der Waals surface area contributed by atoms with Gasteiger partial charge in [-0.15, -0.1) is 0 Å². The van der Waals surface area contributed by atoms with Crippen LogP contribution < -0.4 is 0 Å². The first kappa shape index (κ1) is 10.2. The summed E-state index contributed by atoms with van der Waals surface area (Å²) in [5.41, 5.74) is 3.06. The number of carbonyl (C=O) groups excluding carboxylic acids is 1. The second kappa shape index (κ2) is 4.13. The molecule has 0 aliphatic heterocycles. The van der Waals surface area contributed by atoms with Crippen LogP contribution in [0.4, 0.5) is 0 Å². The fraction of sp³-hybridized carbons (Fsp3) is 0.200. The van der Waals surface area contributed by atoms with Crippen LogP contribution in [0.25, 0.3) is 0 Å². The highest BCUT2D eigenvalue weighted by Crippen LogP contribution is 2.35. The van der Waals surface area contributed by atoms with E-state index >= 15 is 0 Å². The van der Waals surface area contributed by atoms with Crippen molar-refractivity contribution in [2.45, 2.75) is 18.8 Å². The molecule has 2 aromatic rings. The normalized spacial score (nSPS) is 18.8. The number of nitrogens with zero attached hydrogens (tertiary/aromatic N) is 1. The monoisotopic (exact) mass is 223 g/mol. The zero-order valence-corrected chi connectivity index (χ0v) is 9.47. The first-order chi connectivity index (χ1) is 8.36. The Balaban J connectivity index is 2.10. The van der Waals surface area contributed by atoms with E-state index in [1.165, 1.54) is 0 Å². The zero-order chi connectivity index (χ0) is 11.7. The molecule has 2 heteroatoms. The fourth-order valence-electron chi connectivity index (χ4n) is 2.51. The lowest BCUT2D eigenvalue weighted by Crippen LogP contribution is -2.17. The SMILES string of the molecule is O=C1CC[C@H](c2ccccn2)c2ccccc21. The number of ketones is 1. The van der Waals surface area contributed by atoms with Gasteiger partial charge in [0.2, 0.25) is 0 Å². The van der Waals surface area contributed by atoms with Crippen LogP contribution >= 0.6 is 0 Å². The van der Waals surface area contributed by atoms with E-state index in [1.54, 1.807) is 0 Å². The van der Waals surface area contributed by atoms with Gasteiger partial charge in [0.1, 0.15) is 0 Å². The second-order valence-electron chi connectivity index (χ2n) is 4.36. The molecule has 0 radical (unpaired) electrons. The van der Waals surface area contributed by atoms with Crippen LogP contribution in [0.3, 0.4) is 0 Å². The Morgan fingerprint density at radius 3 is 2.71 bits per heavy atom. The Labute approximate surface area is 100 Å². The number of pyridine rings is 1. The molecule has 0 bridgehead atoms. The fourth-order valence-corrected chi connectivity index (χ4v) is 2.51. The minimum atomic E-state index is 0.257. The lowest BCUT2D eigenvalue weighted by molar-refractivity contribution is 0.0969. The number of aromatic nitrogens is 1. The molecule has 1 aliphatic carbocycles. The Kier molecular flexibility index (Phi) is 2.48. The number of rotatable bonds is 1. The topological polar surface area (TPSA) is 30.0 Å². The summed E-state index contributed by atoms with van der Waals surface area (Å²) in [6.07, 6.45) is 3.31. The first-order valence-electron chi connectivity index (χ1n) is 5.89. The van der Waals surface area contributed by atoms with Gasteiger partial charge in [-0.2, -0.15) is 0 Å². The second-order valence-corrected chi connectivity index (χ2v) is 4.36. The Morgan fingerprint density at radius 2 is 1.88 bits per heavy atom. The Morgan fingerprint density at radius 1 is 1.06 bits per heavy atom. The summed E-state index contributed by atoms with van der Waals surface area (Å²) >= 11 is 0. The quantitative estimate of drug-likeness (QED) is 0.743. The van der Waals surface area contributed by atoms with Crippen LogP contribution in [-0.4, -0.2) is 10.8 Å². The van der Waals surface area contributed by atoms with Crippen LogP contribution in [0, 0.1) is 0 Å². The smallest absolute Gasteiger partial charge is 0.163 e. The first-order valence-corrected chi connectivity index (χ1v) is 5.89. The molecule has 2 nitrogen and oxygen atoms in total. The molecule has 1 aromatic carbocycles. The molecule has 1 heterocycles. The molecule has 1 atom stereocenters. The predicted molar refractivity (Wildman–Crippen MR) is 66.1 cm³/mol. The van der Waals surface area contributed by atoms with E-state index in [-0.39, 0.29) is 11.7 Å². The molecule has 0 fully saturated rings. The molecular formula is C15H13NO. The van der Waals surface area contributed by atoms with Gasteiger partial charge < -0.3 is 0 Å². The molecule has 1 aliphatic rings. The number of hydrogen-bond donors (Lipinski definition) is 0. The average Bonchev–Trinajstić information content (AvgIpc) is 2.41. The van der Waals surface area contributed by atoms with E-state index in [1.807, 2.05) is 48.7 Å². The van der Waals surface area contributed by atoms with Crippen molar-refractivity contribution in [3.63, 3.8) is 0 Å². The van der Waals surface area contributed by atoms with Gasteiger partial charge in [-0.3, -0.25) is 9.78 Å². The third-order valence-corrected chi connectivity index (χ3v) is 3.34. The molecule has 1 aromatic heterocycles. The highest BCUT2D eigenvalue weighted by Gasteiger charge is 2.26. The van der Waals surface area contributed by atoms with Gasteiger partial charge in [0.15, 0.2) is 5.78 Å². The number of fused-ring (bicyclic) bond motifs is 1. The standard InChI is InChI=1S/C15H13NO/c17-15-9-8-12(14-7-3-4-10-16-14)11-5-1-2-6-13(11)15/h1-7,10,12H,8-9H2/t12-/m0/s1. The lowest BCUT2D eigenvalue weighted by Gasteiger charge is -2.23. The van der Waals surface area contributed by atoms with Crippen molar-refractivity contribution < 1.29 is 4.79 Å². The predicted octanol–water partition coefficient (Wildman–Crippen LogP) is 3.19. The molecule has 17 heavy (non-hydrogen) atoms. The molecule has 0 unspecified atom stereocenters. The molecule has 0 saturated heterocycles. The van der Waals surface area contributed by atoms with Gasteiger partial charge in [0.05, 0.1) is 0 Å². The molecule has 0 spiro atoms. The Hall–Kier alpha value is -1.96. The van der Waals surface area contributed by atoms with E-state index < -0.39 is 0 Å². The number of hydrogen-bond acceptors (Lipinski definition) is 2. The molecule has 0 N–H and O–H groups in total. The van der Waals surface area contributed by atoms with Gasteiger partial charge in [0.25, 0.3) is 0 Å². The van der Waals surface area contributed by atoms with Crippen molar-refractivity contribution in [1.29, 1.82) is 0 Å². The van der Waals surface area contributed by atoms with Crippen LogP contribution in [0.15, 0.2) is 48.7 Å². The Bertz CT molecular complexity index is 548. The third-order valence-electron chi connectivity index (χ3n) is 3.34. The van der Waals surface area contributed by atoms with Gasteiger partial charge in [-0.05, 0) is 24.1 Å². The zero-order valence-electron chi connectivity index (χ0n) is 9.47. The van der Waals surface area contributed by atoms with Gasteiger partial charge in [-0.1, -0.05) is 30.3 Å². The van der Waals surface area contributed by atoms with Crippen molar-refractivity contribution in [3.8, 4) is 0 Å². The highest BCUT2D eigenvalue weighted by atomic mass is 16.1. The molecule has 84 valence electrons. The number of benzene rings is 1. The summed E-state index contributed by atoms with van der Waals surface area (Å²) in [5.74, 6) is 0.526. The lowest BCUT2D eigenvalue weighted by atomic mass is 9.80. The maximum atomic E-state index is 11.8. The molecule has 3 rings (SSSR count). The number of Topliss-reactive ketones (excluding diaryl/α,β-unsaturated/α-hetero) is 1. The third kappa shape index (κ3) is 1.76. The van der Waals surface area contributed by atoms with Gasteiger partial charge >= 0.3 is 0 Å². The molecule has 0 saturated carbocycles. The summed E-state index contributed by atoms with van der Waals surface area (Å²) in [5, 5.41) is 0. The molecular weight excluding hydrogens is 210 g/mol. The largest absolute Gasteiger partial charge is 0.294 e. The van der Waals surface area contributed by atoms with E-state index in [0.29, 0.717) is 6.42 Å².